The predicted molar refractivity (Wildman–Crippen MR) is 83.2 cm³/mol. The van der Waals surface area contributed by atoms with E-state index in [1.807, 2.05) is 4.90 Å². The minimum absolute atomic E-state index is 0.00420. The first-order valence-electron chi connectivity index (χ1n) is 7.22. The zero-order chi connectivity index (χ0) is 15.7. The highest BCUT2D eigenvalue weighted by molar-refractivity contribution is 6.30. The molecule has 2 heterocycles. The summed E-state index contributed by atoms with van der Waals surface area (Å²) in [7, 11) is 1.63. The van der Waals surface area contributed by atoms with E-state index in [9.17, 15) is 9.59 Å². The third-order valence-corrected chi connectivity index (χ3v) is 4.26. The Kier molecular flexibility index (Phi) is 4.02. The van der Waals surface area contributed by atoms with Crippen LogP contribution in [-0.4, -0.2) is 38.7 Å². The second-order valence-electron chi connectivity index (χ2n) is 5.52. The summed E-state index contributed by atoms with van der Waals surface area (Å²) in [5, 5.41) is 4.76. The molecule has 22 heavy (non-hydrogen) atoms. The first-order chi connectivity index (χ1) is 10.5. The number of benzene rings is 1. The van der Waals surface area contributed by atoms with E-state index in [1.165, 1.54) is 4.68 Å². The van der Waals surface area contributed by atoms with Crippen LogP contribution in [0.5, 0.6) is 0 Å². The van der Waals surface area contributed by atoms with Crippen molar-refractivity contribution in [3.8, 4) is 0 Å². The van der Waals surface area contributed by atoms with Crippen molar-refractivity contribution in [3.63, 3.8) is 0 Å². The molecule has 3 rings (SSSR count). The van der Waals surface area contributed by atoms with Gasteiger partial charge >= 0.3 is 5.69 Å². The van der Waals surface area contributed by atoms with E-state index >= 15 is 0 Å². The first-order valence-corrected chi connectivity index (χ1v) is 7.60. The SMILES string of the molecule is Cn1nc(C2CCN(C(=O)c3cccc(Cl)c3)CC2)[nH]c1=O. The number of amides is 1. The molecular formula is C15H17ClN4O2. The molecule has 0 bridgehead atoms. The van der Waals surface area contributed by atoms with Crippen molar-refractivity contribution in [1.29, 1.82) is 0 Å². The Morgan fingerprint density at radius 2 is 2.09 bits per heavy atom. The van der Waals surface area contributed by atoms with Crippen LogP contribution in [0.25, 0.3) is 0 Å². The van der Waals surface area contributed by atoms with E-state index in [2.05, 4.69) is 10.1 Å². The second-order valence-corrected chi connectivity index (χ2v) is 5.95. The molecule has 2 aromatic rings. The molecule has 0 saturated carbocycles. The normalized spacial score (nSPS) is 16.0. The highest BCUT2D eigenvalue weighted by Crippen LogP contribution is 2.26. The maximum absolute atomic E-state index is 12.4. The van der Waals surface area contributed by atoms with Crippen molar-refractivity contribution in [2.24, 2.45) is 7.05 Å². The van der Waals surface area contributed by atoms with Crippen LogP contribution in [0.2, 0.25) is 5.02 Å². The number of piperidine rings is 1. The molecule has 116 valence electrons. The summed E-state index contributed by atoms with van der Waals surface area (Å²) in [5.74, 6) is 0.898. The molecule has 1 amide bonds. The Balaban J connectivity index is 1.66. The number of H-pyrrole nitrogens is 1. The van der Waals surface area contributed by atoms with Crippen LogP contribution in [0.1, 0.15) is 34.9 Å². The number of hydrogen-bond donors (Lipinski definition) is 1. The van der Waals surface area contributed by atoms with Crippen molar-refractivity contribution < 1.29 is 4.79 Å². The van der Waals surface area contributed by atoms with Crippen molar-refractivity contribution in [2.75, 3.05) is 13.1 Å². The predicted octanol–water partition coefficient (Wildman–Crippen LogP) is 1.78. The molecular weight excluding hydrogens is 304 g/mol. The average molecular weight is 321 g/mol. The number of hydrogen-bond acceptors (Lipinski definition) is 3. The van der Waals surface area contributed by atoms with E-state index < -0.39 is 0 Å². The lowest BCUT2D eigenvalue weighted by Crippen LogP contribution is -2.38. The number of aryl methyl sites for hydroxylation is 1. The molecule has 1 aliphatic heterocycles. The monoisotopic (exact) mass is 320 g/mol. The third kappa shape index (κ3) is 2.92. The van der Waals surface area contributed by atoms with Gasteiger partial charge in [-0.25, -0.2) is 9.48 Å². The van der Waals surface area contributed by atoms with Gasteiger partial charge < -0.3 is 4.90 Å². The summed E-state index contributed by atoms with van der Waals surface area (Å²) in [6.07, 6.45) is 1.58. The smallest absolute Gasteiger partial charge is 0.339 e. The Hall–Kier alpha value is -2.08. The summed E-state index contributed by atoms with van der Waals surface area (Å²) in [6.45, 7) is 1.29. The molecule has 1 aromatic heterocycles. The van der Waals surface area contributed by atoms with Gasteiger partial charge in [0.1, 0.15) is 5.82 Å². The molecule has 7 heteroatoms. The van der Waals surface area contributed by atoms with E-state index in [-0.39, 0.29) is 17.5 Å². The van der Waals surface area contributed by atoms with Crippen LogP contribution in [0.4, 0.5) is 0 Å². The first kappa shape index (κ1) is 14.8. The Morgan fingerprint density at radius 3 is 2.68 bits per heavy atom. The zero-order valence-electron chi connectivity index (χ0n) is 12.3. The molecule has 1 fully saturated rings. The van der Waals surface area contributed by atoms with Gasteiger partial charge in [-0.1, -0.05) is 17.7 Å². The number of aromatic nitrogens is 3. The van der Waals surface area contributed by atoms with Crippen LogP contribution in [0.3, 0.4) is 0 Å². The molecule has 1 saturated heterocycles. The molecule has 1 N–H and O–H groups in total. The number of likely N-dealkylation sites (tertiary alicyclic amines) is 1. The Bertz CT molecular complexity index is 744. The second kappa shape index (κ2) is 5.96. The summed E-state index contributed by atoms with van der Waals surface area (Å²) in [5.41, 5.74) is 0.407. The topological polar surface area (TPSA) is 71.0 Å². The fourth-order valence-corrected chi connectivity index (χ4v) is 2.96. The molecule has 0 atom stereocenters. The lowest BCUT2D eigenvalue weighted by molar-refractivity contribution is 0.0711. The number of nitrogens with zero attached hydrogens (tertiary/aromatic N) is 3. The molecule has 0 spiro atoms. The fourth-order valence-electron chi connectivity index (χ4n) is 2.77. The molecule has 6 nitrogen and oxygen atoms in total. The largest absolute Gasteiger partial charge is 0.343 e. The molecule has 1 aliphatic rings. The van der Waals surface area contributed by atoms with Gasteiger partial charge in [-0.2, -0.15) is 5.10 Å². The van der Waals surface area contributed by atoms with Gasteiger partial charge in [0, 0.05) is 36.6 Å². The van der Waals surface area contributed by atoms with Gasteiger partial charge in [-0.15, -0.1) is 0 Å². The summed E-state index contributed by atoms with van der Waals surface area (Å²) < 4.78 is 1.30. The Morgan fingerprint density at radius 1 is 1.36 bits per heavy atom. The summed E-state index contributed by atoms with van der Waals surface area (Å²) in [4.78, 5) is 28.5. The average Bonchev–Trinajstić information content (AvgIpc) is 2.86. The lowest BCUT2D eigenvalue weighted by atomic mass is 9.95. The number of halogens is 1. The van der Waals surface area contributed by atoms with Gasteiger partial charge in [0.25, 0.3) is 5.91 Å². The van der Waals surface area contributed by atoms with Crippen LogP contribution in [0.15, 0.2) is 29.1 Å². The lowest BCUT2D eigenvalue weighted by Gasteiger charge is -2.31. The minimum Gasteiger partial charge on any atom is -0.339 e. The van der Waals surface area contributed by atoms with Crippen molar-refractivity contribution in [1.82, 2.24) is 19.7 Å². The third-order valence-electron chi connectivity index (χ3n) is 4.03. The van der Waals surface area contributed by atoms with Crippen LogP contribution >= 0.6 is 11.6 Å². The molecule has 1 aromatic carbocycles. The summed E-state index contributed by atoms with van der Waals surface area (Å²) in [6, 6.07) is 6.99. The zero-order valence-corrected chi connectivity index (χ0v) is 13.0. The minimum atomic E-state index is -0.201. The number of aromatic amines is 1. The number of rotatable bonds is 2. The van der Waals surface area contributed by atoms with Gasteiger partial charge in [0.2, 0.25) is 0 Å². The number of nitrogens with one attached hydrogen (secondary N) is 1. The van der Waals surface area contributed by atoms with Crippen molar-refractivity contribution >= 4 is 17.5 Å². The van der Waals surface area contributed by atoms with Gasteiger partial charge in [0.05, 0.1) is 0 Å². The highest BCUT2D eigenvalue weighted by atomic mass is 35.5. The van der Waals surface area contributed by atoms with Gasteiger partial charge in [0.15, 0.2) is 0 Å². The van der Waals surface area contributed by atoms with E-state index in [0.717, 1.165) is 12.8 Å². The Labute approximate surface area is 132 Å². The van der Waals surface area contributed by atoms with E-state index in [1.54, 1.807) is 31.3 Å². The van der Waals surface area contributed by atoms with Crippen LogP contribution in [0, 0.1) is 0 Å². The van der Waals surface area contributed by atoms with Crippen molar-refractivity contribution in [2.45, 2.75) is 18.8 Å². The highest BCUT2D eigenvalue weighted by Gasteiger charge is 2.26. The maximum atomic E-state index is 12.4. The maximum Gasteiger partial charge on any atom is 0.343 e. The van der Waals surface area contributed by atoms with Crippen LogP contribution < -0.4 is 5.69 Å². The standard InChI is InChI=1S/C15H17ClN4O2/c1-19-15(22)17-13(18-19)10-5-7-20(8-6-10)14(21)11-3-2-4-12(16)9-11/h2-4,9-10H,5-8H2,1H3,(H,17,18,22). The van der Waals surface area contributed by atoms with E-state index in [0.29, 0.717) is 29.5 Å². The number of carbonyl (C=O) groups excluding carboxylic acids is 1. The van der Waals surface area contributed by atoms with Crippen molar-refractivity contribution in [3.05, 3.63) is 51.2 Å². The molecule has 0 aliphatic carbocycles. The van der Waals surface area contributed by atoms with Gasteiger partial charge in [-0.3, -0.25) is 9.78 Å². The summed E-state index contributed by atoms with van der Waals surface area (Å²) >= 11 is 5.93. The molecule has 0 unspecified atom stereocenters. The van der Waals surface area contributed by atoms with Gasteiger partial charge in [-0.05, 0) is 31.0 Å². The van der Waals surface area contributed by atoms with E-state index in [4.69, 9.17) is 11.6 Å². The molecule has 0 radical (unpaired) electrons. The van der Waals surface area contributed by atoms with Crippen LogP contribution in [-0.2, 0) is 7.05 Å². The fraction of sp³-hybridized carbons (Fsp3) is 0.400. The quantitative estimate of drug-likeness (QED) is 0.917. The number of carbonyl (C=O) groups is 1.